The van der Waals surface area contributed by atoms with E-state index < -0.39 is 5.60 Å². The van der Waals surface area contributed by atoms with Crippen LogP contribution in [0.15, 0.2) is 60.9 Å². The smallest absolute Gasteiger partial charge is 0.410 e. The van der Waals surface area contributed by atoms with Gasteiger partial charge in [0.15, 0.2) is 0 Å². The van der Waals surface area contributed by atoms with Gasteiger partial charge in [0, 0.05) is 98.8 Å². The lowest BCUT2D eigenvalue weighted by Gasteiger charge is -2.28. The Morgan fingerprint density at radius 1 is 0.658 bits per heavy atom. The van der Waals surface area contributed by atoms with E-state index in [9.17, 15) is 14.4 Å². The molecule has 4 atom stereocenters. The second-order valence-electron chi connectivity index (χ2n) is 19.1. The molecule has 4 aromatic carbocycles. The zero-order chi connectivity index (χ0) is 52.7. The zero-order valence-corrected chi connectivity index (χ0v) is 45.3. The maximum atomic E-state index is 12.9. The van der Waals surface area contributed by atoms with Gasteiger partial charge in [0.05, 0.1) is 65.6 Å². The summed E-state index contributed by atoms with van der Waals surface area (Å²) in [6.07, 6.45) is 6.27. The molecule has 73 heavy (non-hydrogen) atoms. The average molecular weight is 1080 g/mol. The Bertz CT molecular complexity index is 2960. The number of rotatable bonds is 14. The second kappa shape index (κ2) is 24.0. The maximum Gasteiger partial charge on any atom is 0.410 e. The second-order valence-corrected chi connectivity index (χ2v) is 20.6. The summed E-state index contributed by atoms with van der Waals surface area (Å²) in [6.45, 7) is 10.9. The molecule has 0 saturated carbocycles. The molecule has 3 N–H and O–H groups in total. The number of fused-ring (bicyclic) bond motifs is 2. The van der Waals surface area contributed by atoms with E-state index in [0.717, 1.165) is 58.1 Å². The third-order valence-electron chi connectivity index (χ3n) is 12.6. The van der Waals surface area contributed by atoms with Crippen LogP contribution in [0.25, 0.3) is 44.1 Å². The van der Waals surface area contributed by atoms with Crippen molar-refractivity contribution in [3.63, 3.8) is 0 Å². The maximum absolute atomic E-state index is 12.9. The molecule has 3 amide bonds. The lowest BCUT2D eigenvalue weighted by molar-refractivity contribution is -0.119. The highest BCUT2D eigenvalue weighted by Gasteiger charge is 2.38. The number of amides is 3. The fraction of sp³-hybridized carbons (Fsp3) is 0.415. The van der Waals surface area contributed by atoms with Gasteiger partial charge in [0.25, 0.3) is 0 Å². The highest BCUT2D eigenvalue weighted by molar-refractivity contribution is 6.42. The van der Waals surface area contributed by atoms with Crippen LogP contribution in [0.5, 0.6) is 23.0 Å². The molecule has 0 bridgehead atoms. The third-order valence-corrected chi connectivity index (χ3v) is 14.1. The third kappa shape index (κ3) is 13.4. The number of halogens is 4. The number of carbonyl (C=O) groups is 3. The summed E-state index contributed by atoms with van der Waals surface area (Å²) in [6, 6.07) is 15.0. The molecule has 0 radical (unpaired) electrons. The Labute approximate surface area is 445 Å². The summed E-state index contributed by atoms with van der Waals surface area (Å²) in [5, 5.41) is 12.5. The summed E-state index contributed by atoms with van der Waals surface area (Å²) < 4.78 is 27.2. The van der Waals surface area contributed by atoms with Crippen LogP contribution in [0, 0.1) is 11.8 Å². The summed E-state index contributed by atoms with van der Waals surface area (Å²) in [4.78, 5) is 56.0. The Balaban J connectivity index is 0.000000218. The molecular formula is C53H60Cl4N8O8. The minimum atomic E-state index is -0.613. The molecule has 2 aliphatic rings. The molecule has 20 heteroatoms. The van der Waals surface area contributed by atoms with Crippen molar-refractivity contribution in [3.05, 3.63) is 92.7 Å². The van der Waals surface area contributed by atoms with Gasteiger partial charge in [-0.3, -0.25) is 9.59 Å². The number of nitrogens with one attached hydrogen (secondary N) is 3. The lowest BCUT2D eigenvalue weighted by Crippen LogP contribution is -2.44. The number of likely N-dealkylation sites (tertiary alicyclic amines) is 1. The predicted octanol–water partition coefficient (Wildman–Crippen LogP) is 10.2. The molecule has 16 nitrogen and oxygen atoms in total. The fourth-order valence-corrected chi connectivity index (χ4v) is 10.5. The molecule has 4 heterocycles. The van der Waals surface area contributed by atoms with Gasteiger partial charge in [-0.05, 0) is 87.4 Å². The monoisotopic (exact) mass is 1080 g/mol. The number of aromatic nitrogens is 4. The number of hydrogen-bond acceptors (Lipinski definition) is 13. The van der Waals surface area contributed by atoms with Gasteiger partial charge in [-0.1, -0.05) is 58.5 Å². The molecule has 388 valence electrons. The first-order valence-corrected chi connectivity index (χ1v) is 25.2. The lowest BCUT2D eigenvalue weighted by atomic mass is 10.0. The summed E-state index contributed by atoms with van der Waals surface area (Å²) in [7, 11) is 6.17. The number of ether oxygens (including phenoxy) is 5. The summed E-state index contributed by atoms with van der Waals surface area (Å²) in [5.41, 5.74) is 3.86. The van der Waals surface area contributed by atoms with Gasteiger partial charge in [-0.25, -0.2) is 24.7 Å². The van der Waals surface area contributed by atoms with E-state index in [0.29, 0.717) is 98.4 Å². The Morgan fingerprint density at radius 3 is 1.55 bits per heavy atom. The molecule has 2 saturated heterocycles. The van der Waals surface area contributed by atoms with Crippen molar-refractivity contribution in [2.24, 2.45) is 11.8 Å². The highest BCUT2D eigenvalue weighted by atomic mass is 35.5. The van der Waals surface area contributed by atoms with Crippen LogP contribution in [0.1, 0.15) is 59.1 Å². The SMILES string of the molecule is COc1cc(OC)c(Cl)c(-c2ccc3nc(C[C@@H]4CN[C@H](CNC(C)=O)C4)ncc3c2)c1Cl.COc1cc(OC)c(Cl)c(-c2ccc3nc(C[C@H]4C[C@@H](CNC(C)=O)N(C(=O)OC(C)(C)C)C4)ncc3c2)c1Cl. The van der Waals surface area contributed by atoms with E-state index >= 15 is 0 Å². The predicted molar refractivity (Wildman–Crippen MR) is 286 cm³/mol. The number of benzene rings is 4. The first-order chi connectivity index (χ1) is 34.8. The van der Waals surface area contributed by atoms with Crippen molar-refractivity contribution >= 4 is 86.1 Å². The Morgan fingerprint density at radius 2 is 1.11 bits per heavy atom. The van der Waals surface area contributed by atoms with Crippen LogP contribution in [0.3, 0.4) is 0 Å². The largest absolute Gasteiger partial charge is 0.495 e. The van der Waals surface area contributed by atoms with Gasteiger partial charge in [0.1, 0.15) is 40.2 Å². The standard InChI is InChI=1S/C29H34Cl2N4O5.C24H26Cl2N4O3/c1-16(36)32-14-20-9-17(15-35(20)28(37)40-29(2,3)4)10-24-33-13-19-11-18(7-8-21(19)34-24)25-26(30)22(38-5)12-23(39-6)27(25)31;1-13(31)27-12-17-6-14(10-28-17)7-21-29-11-16-8-15(4-5-18(16)30-21)22-23(25)19(32-2)9-20(33-3)24(22)26/h7-8,11-13,17,20H,9-10,14-15H2,1-6H3,(H,32,36);4-5,8-9,11,14,17,28H,6-7,10,12H2,1-3H3,(H,27,31)/t17-,20+;14-,17+/m11/s1. The summed E-state index contributed by atoms with van der Waals surface area (Å²) >= 11 is 26.4. The van der Waals surface area contributed by atoms with Gasteiger partial charge in [-0.2, -0.15) is 0 Å². The van der Waals surface area contributed by atoms with Crippen molar-refractivity contribution in [1.82, 2.24) is 40.8 Å². The van der Waals surface area contributed by atoms with Gasteiger partial charge >= 0.3 is 6.09 Å². The first-order valence-electron chi connectivity index (χ1n) is 23.7. The van der Waals surface area contributed by atoms with Crippen LogP contribution < -0.4 is 34.9 Å². The Kier molecular flexibility index (Phi) is 18.0. The molecule has 0 aliphatic carbocycles. The molecule has 0 unspecified atom stereocenters. The minimum Gasteiger partial charge on any atom is -0.495 e. The average Bonchev–Trinajstić information content (AvgIpc) is 3.99. The van der Waals surface area contributed by atoms with Crippen molar-refractivity contribution < 1.29 is 38.1 Å². The van der Waals surface area contributed by atoms with Crippen LogP contribution in [-0.4, -0.2) is 115 Å². The fourth-order valence-electron chi connectivity index (χ4n) is 9.09. The van der Waals surface area contributed by atoms with Crippen molar-refractivity contribution in [2.75, 3.05) is 54.6 Å². The van der Waals surface area contributed by atoms with Crippen LogP contribution >= 0.6 is 46.4 Å². The molecular weight excluding hydrogens is 1020 g/mol. The van der Waals surface area contributed by atoms with Crippen LogP contribution in [0.4, 0.5) is 4.79 Å². The number of methoxy groups -OCH3 is 4. The zero-order valence-electron chi connectivity index (χ0n) is 42.3. The van der Waals surface area contributed by atoms with Crippen molar-refractivity contribution in [3.8, 4) is 45.3 Å². The van der Waals surface area contributed by atoms with Gasteiger partial charge < -0.3 is 44.5 Å². The minimum absolute atomic E-state index is 0.00699. The highest BCUT2D eigenvalue weighted by Crippen LogP contribution is 2.48. The van der Waals surface area contributed by atoms with E-state index in [-0.39, 0.29) is 35.9 Å². The normalized spacial score (nSPS) is 17.5. The van der Waals surface area contributed by atoms with Crippen molar-refractivity contribution in [1.29, 1.82) is 0 Å². The van der Waals surface area contributed by atoms with E-state index in [1.807, 2.05) is 63.4 Å². The summed E-state index contributed by atoms with van der Waals surface area (Å²) in [5.74, 6) is 3.77. The molecule has 8 rings (SSSR count). The number of nitrogens with zero attached hydrogens (tertiary/aromatic N) is 5. The number of hydrogen-bond donors (Lipinski definition) is 3. The number of carbonyl (C=O) groups excluding carboxylic acids is 3. The van der Waals surface area contributed by atoms with E-state index in [4.69, 9.17) is 80.1 Å². The topological polar surface area (TPSA) is 188 Å². The molecule has 6 aromatic rings. The van der Waals surface area contributed by atoms with E-state index in [2.05, 4.69) is 25.9 Å². The van der Waals surface area contributed by atoms with Crippen LogP contribution in [-0.2, 0) is 27.2 Å². The first kappa shape index (κ1) is 54.9. The molecule has 2 aromatic heterocycles. The van der Waals surface area contributed by atoms with Gasteiger partial charge in [-0.15, -0.1) is 0 Å². The molecule has 2 aliphatic heterocycles. The van der Waals surface area contributed by atoms with Crippen molar-refractivity contribution in [2.45, 2.75) is 78.0 Å². The molecule has 0 spiro atoms. The van der Waals surface area contributed by atoms with Gasteiger partial charge in [0.2, 0.25) is 11.8 Å². The molecule has 2 fully saturated rings. The quantitative estimate of drug-likeness (QED) is 0.0936. The van der Waals surface area contributed by atoms with E-state index in [1.165, 1.54) is 28.1 Å². The van der Waals surface area contributed by atoms with Crippen LogP contribution in [0.2, 0.25) is 20.1 Å². The Hall–Kier alpha value is -5.91. The van der Waals surface area contributed by atoms with E-state index in [1.54, 1.807) is 37.4 Å².